The molecule has 0 aromatic rings. The van der Waals surface area contributed by atoms with Crippen molar-refractivity contribution < 1.29 is 4.74 Å². The standard InChI is InChI=1S/C17H34N2O/c1-4-6-15-13-17(14-18,9-12-20-15)19-10-5-7-16(2,3)8-11-19/h15H,4-14,18H2,1-3H3. The molecule has 3 nitrogen and oxygen atoms in total. The third-order valence-corrected chi connectivity index (χ3v) is 5.53. The van der Waals surface area contributed by atoms with Gasteiger partial charge in [-0.15, -0.1) is 0 Å². The summed E-state index contributed by atoms with van der Waals surface area (Å²) < 4.78 is 5.96. The highest BCUT2D eigenvalue weighted by Crippen LogP contribution is 2.37. The Morgan fingerprint density at radius 2 is 2.00 bits per heavy atom. The van der Waals surface area contributed by atoms with Crippen LogP contribution in [0.1, 0.15) is 65.7 Å². The molecule has 0 radical (unpaired) electrons. The van der Waals surface area contributed by atoms with Crippen LogP contribution in [0, 0.1) is 5.41 Å². The first-order valence-corrected chi connectivity index (χ1v) is 8.58. The van der Waals surface area contributed by atoms with Crippen LogP contribution >= 0.6 is 0 Å². The van der Waals surface area contributed by atoms with Crippen LogP contribution in [-0.2, 0) is 4.74 Å². The molecule has 2 rings (SSSR count). The molecule has 2 heterocycles. The van der Waals surface area contributed by atoms with E-state index in [4.69, 9.17) is 10.5 Å². The number of hydrogen-bond donors (Lipinski definition) is 1. The van der Waals surface area contributed by atoms with Gasteiger partial charge in [0.25, 0.3) is 0 Å². The summed E-state index contributed by atoms with van der Waals surface area (Å²) in [6, 6.07) is 0. The van der Waals surface area contributed by atoms with Crippen molar-refractivity contribution in [1.82, 2.24) is 4.90 Å². The molecule has 2 unspecified atom stereocenters. The number of ether oxygens (including phenoxy) is 1. The number of nitrogens with zero attached hydrogens (tertiary/aromatic N) is 1. The molecule has 0 aromatic carbocycles. The van der Waals surface area contributed by atoms with Gasteiger partial charge >= 0.3 is 0 Å². The van der Waals surface area contributed by atoms with Crippen molar-refractivity contribution in [3.05, 3.63) is 0 Å². The first-order valence-electron chi connectivity index (χ1n) is 8.58. The Hall–Kier alpha value is -0.120. The zero-order valence-electron chi connectivity index (χ0n) is 13.8. The minimum atomic E-state index is 0.207. The van der Waals surface area contributed by atoms with E-state index in [1.807, 2.05) is 0 Å². The van der Waals surface area contributed by atoms with Gasteiger partial charge in [0.15, 0.2) is 0 Å². The van der Waals surface area contributed by atoms with E-state index in [0.717, 1.165) is 26.0 Å². The average molecular weight is 282 g/mol. The zero-order valence-corrected chi connectivity index (χ0v) is 13.8. The van der Waals surface area contributed by atoms with E-state index in [1.54, 1.807) is 0 Å². The topological polar surface area (TPSA) is 38.5 Å². The molecular weight excluding hydrogens is 248 g/mol. The smallest absolute Gasteiger partial charge is 0.0593 e. The van der Waals surface area contributed by atoms with Gasteiger partial charge in [0.1, 0.15) is 0 Å². The molecule has 0 saturated carbocycles. The fraction of sp³-hybridized carbons (Fsp3) is 1.00. The predicted octanol–water partition coefficient (Wildman–Crippen LogP) is 3.18. The summed E-state index contributed by atoms with van der Waals surface area (Å²) in [7, 11) is 0. The van der Waals surface area contributed by atoms with Crippen LogP contribution in [0.3, 0.4) is 0 Å². The Morgan fingerprint density at radius 3 is 2.70 bits per heavy atom. The van der Waals surface area contributed by atoms with E-state index in [0.29, 0.717) is 11.5 Å². The van der Waals surface area contributed by atoms with Crippen molar-refractivity contribution in [3.8, 4) is 0 Å². The Kier molecular flexibility index (Phi) is 5.49. The normalized spacial score (nSPS) is 35.7. The molecule has 2 aliphatic heterocycles. The minimum Gasteiger partial charge on any atom is -0.378 e. The maximum absolute atomic E-state index is 6.25. The van der Waals surface area contributed by atoms with Gasteiger partial charge < -0.3 is 10.5 Å². The average Bonchev–Trinajstić information content (AvgIpc) is 2.60. The van der Waals surface area contributed by atoms with E-state index < -0.39 is 0 Å². The molecular formula is C17H34N2O. The number of nitrogens with two attached hydrogens (primary N) is 1. The molecule has 2 atom stereocenters. The summed E-state index contributed by atoms with van der Waals surface area (Å²) in [5.41, 5.74) is 6.95. The second-order valence-corrected chi connectivity index (χ2v) is 7.67. The number of hydrogen-bond acceptors (Lipinski definition) is 3. The molecule has 2 fully saturated rings. The first kappa shape index (κ1) is 16.3. The maximum atomic E-state index is 6.25. The monoisotopic (exact) mass is 282 g/mol. The molecule has 20 heavy (non-hydrogen) atoms. The second-order valence-electron chi connectivity index (χ2n) is 7.67. The summed E-state index contributed by atoms with van der Waals surface area (Å²) in [4.78, 5) is 2.72. The van der Waals surface area contributed by atoms with E-state index in [1.165, 1.54) is 45.2 Å². The van der Waals surface area contributed by atoms with Gasteiger partial charge in [-0.3, -0.25) is 4.90 Å². The minimum absolute atomic E-state index is 0.207. The van der Waals surface area contributed by atoms with E-state index >= 15 is 0 Å². The van der Waals surface area contributed by atoms with Crippen molar-refractivity contribution in [2.45, 2.75) is 77.4 Å². The lowest BCUT2D eigenvalue weighted by atomic mass is 9.83. The van der Waals surface area contributed by atoms with Gasteiger partial charge in [-0.05, 0) is 57.0 Å². The molecule has 3 heteroatoms. The summed E-state index contributed by atoms with van der Waals surface area (Å²) in [5.74, 6) is 0. The van der Waals surface area contributed by atoms with Crippen LogP contribution < -0.4 is 5.73 Å². The van der Waals surface area contributed by atoms with Gasteiger partial charge in [0, 0.05) is 18.7 Å². The zero-order chi connectivity index (χ0) is 14.6. The molecule has 0 aliphatic carbocycles. The third kappa shape index (κ3) is 3.75. The van der Waals surface area contributed by atoms with Crippen LogP contribution in [0.2, 0.25) is 0 Å². The Balaban J connectivity index is 2.05. The van der Waals surface area contributed by atoms with Crippen LogP contribution in [0.25, 0.3) is 0 Å². The van der Waals surface area contributed by atoms with Crippen molar-refractivity contribution in [1.29, 1.82) is 0 Å². The summed E-state index contributed by atoms with van der Waals surface area (Å²) >= 11 is 0. The molecule has 2 aliphatic rings. The Morgan fingerprint density at radius 1 is 1.20 bits per heavy atom. The molecule has 118 valence electrons. The van der Waals surface area contributed by atoms with Crippen LogP contribution in [-0.4, -0.2) is 42.8 Å². The Bertz CT molecular complexity index is 303. The van der Waals surface area contributed by atoms with E-state index in [9.17, 15) is 0 Å². The van der Waals surface area contributed by atoms with Gasteiger partial charge in [0.05, 0.1) is 6.10 Å². The molecule has 0 aromatic heterocycles. The highest BCUT2D eigenvalue weighted by atomic mass is 16.5. The molecule has 2 N–H and O–H groups in total. The maximum Gasteiger partial charge on any atom is 0.0593 e. The SMILES string of the molecule is CCCC1CC(CN)(N2CCCC(C)(C)CC2)CCO1. The lowest BCUT2D eigenvalue weighted by Gasteiger charge is -2.48. The van der Waals surface area contributed by atoms with Crippen LogP contribution in [0.4, 0.5) is 0 Å². The van der Waals surface area contributed by atoms with Crippen LogP contribution in [0.15, 0.2) is 0 Å². The fourth-order valence-electron chi connectivity index (χ4n) is 4.01. The third-order valence-electron chi connectivity index (χ3n) is 5.53. The molecule has 0 amide bonds. The molecule has 0 bridgehead atoms. The van der Waals surface area contributed by atoms with Crippen molar-refractivity contribution >= 4 is 0 Å². The van der Waals surface area contributed by atoms with Crippen LogP contribution in [0.5, 0.6) is 0 Å². The predicted molar refractivity (Wildman–Crippen MR) is 84.9 cm³/mol. The first-order chi connectivity index (χ1) is 9.51. The Labute approximate surface area is 125 Å². The lowest BCUT2D eigenvalue weighted by molar-refractivity contribution is -0.0735. The summed E-state index contributed by atoms with van der Waals surface area (Å²) in [6.07, 6.45) is 9.02. The summed E-state index contributed by atoms with van der Waals surface area (Å²) in [6.45, 7) is 11.2. The van der Waals surface area contributed by atoms with E-state index in [2.05, 4.69) is 25.7 Å². The van der Waals surface area contributed by atoms with Crippen molar-refractivity contribution in [3.63, 3.8) is 0 Å². The van der Waals surface area contributed by atoms with Crippen molar-refractivity contribution in [2.75, 3.05) is 26.2 Å². The lowest BCUT2D eigenvalue weighted by Crippen LogP contribution is -2.58. The van der Waals surface area contributed by atoms with Gasteiger partial charge in [-0.2, -0.15) is 0 Å². The highest BCUT2D eigenvalue weighted by molar-refractivity contribution is 4.97. The van der Waals surface area contributed by atoms with Gasteiger partial charge in [-0.1, -0.05) is 27.2 Å². The number of likely N-dealkylation sites (tertiary alicyclic amines) is 1. The number of rotatable bonds is 4. The molecule has 0 spiro atoms. The van der Waals surface area contributed by atoms with Gasteiger partial charge in [-0.25, -0.2) is 0 Å². The fourth-order valence-corrected chi connectivity index (χ4v) is 4.01. The summed E-state index contributed by atoms with van der Waals surface area (Å²) in [5, 5.41) is 0. The largest absolute Gasteiger partial charge is 0.378 e. The van der Waals surface area contributed by atoms with E-state index in [-0.39, 0.29) is 5.54 Å². The second kappa shape index (κ2) is 6.76. The van der Waals surface area contributed by atoms with Crippen molar-refractivity contribution in [2.24, 2.45) is 11.1 Å². The highest BCUT2D eigenvalue weighted by Gasteiger charge is 2.41. The van der Waals surface area contributed by atoms with Gasteiger partial charge in [0.2, 0.25) is 0 Å². The molecule has 2 saturated heterocycles. The quantitative estimate of drug-likeness (QED) is 0.860.